The minimum Gasteiger partial charge on any atom is -0.299 e. The molecular weight excluding hydrogens is 248 g/mol. The maximum Gasteiger partial charge on any atom is 0.165 e. The van der Waals surface area contributed by atoms with Crippen molar-refractivity contribution in [3.8, 4) is 5.69 Å². The molecule has 1 fully saturated rings. The molecule has 2 aromatic carbocycles. The Labute approximate surface area is 116 Å². The third-order valence-electron chi connectivity index (χ3n) is 3.83. The summed E-state index contributed by atoms with van der Waals surface area (Å²) in [6.45, 7) is 0. The second-order valence-corrected chi connectivity index (χ2v) is 5.29. The summed E-state index contributed by atoms with van der Waals surface area (Å²) < 4.78 is 2.04. The standard InChI is InChI=1S/C17H14N2O/c20-17(12-5-6-12)13-7-9-14(10-8-13)19-11-18-15-3-1-2-4-16(15)19/h1-4,7-12H,5-6H2. The molecule has 3 nitrogen and oxygen atoms in total. The smallest absolute Gasteiger partial charge is 0.165 e. The number of benzene rings is 2. The highest BCUT2D eigenvalue weighted by Crippen LogP contribution is 2.32. The number of para-hydroxylation sites is 2. The monoisotopic (exact) mass is 262 g/mol. The molecule has 3 heteroatoms. The van der Waals surface area contributed by atoms with Crippen molar-refractivity contribution in [2.75, 3.05) is 0 Å². The van der Waals surface area contributed by atoms with E-state index in [0.29, 0.717) is 0 Å². The molecule has 0 spiro atoms. The number of imidazole rings is 1. The topological polar surface area (TPSA) is 34.9 Å². The van der Waals surface area contributed by atoms with Crippen LogP contribution < -0.4 is 0 Å². The normalized spacial score (nSPS) is 14.6. The summed E-state index contributed by atoms with van der Waals surface area (Å²) in [4.78, 5) is 16.4. The number of rotatable bonds is 3. The van der Waals surface area contributed by atoms with Gasteiger partial charge in [-0.05, 0) is 49.2 Å². The zero-order valence-corrected chi connectivity index (χ0v) is 11.0. The molecule has 4 rings (SSSR count). The van der Waals surface area contributed by atoms with Crippen molar-refractivity contribution in [3.05, 3.63) is 60.4 Å². The number of ketones is 1. The lowest BCUT2D eigenvalue weighted by atomic mass is 10.1. The van der Waals surface area contributed by atoms with E-state index in [-0.39, 0.29) is 11.7 Å². The van der Waals surface area contributed by atoms with Crippen LogP contribution >= 0.6 is 0 Å². The van der Waals surface area contributed by atoms with Crippen molar-refractivity contribution < 1.29 is 4.79 Å². The Hall–Kier alpha value is -2.42. The zero-order chi connectivity index (χ0) is 13.5. The van der Waals surface area contributed by atoms with Gasteiger partial charge in [0.1, 0.15) is 6.33 Å². The number of carbonyl (C=O) groups is 1. The lowest BCUT2D eigenvalue weighted by Crippen LogP contribution is -2.01. The third kappa shape index (κ3) is 1.83. The van der Waals surface area contributed by atoms with Gasteiger partial charge in [0.15, 0.2) is 5.78 Å². The molecule has 1 aliphatic carbocycles. The Morgan fingerprint density at radius 2 is 1.80 bits per heavy atom. The second-order valence-electron chi connectivity index (χ2n) is 5.29. The van der Waals surface area contributed by atoms with E-state index >= 15 is 0 Å². The van der Waals surface area contributed by atoms with Crippen LogP contribution in [0.15, 0.2) is 54.9 Å². The first-order chi connectivity index (χ1) is 9.83. The molecule has 20 heavy (non-hydrogen) atoms. The second kappa shape index (κ2) is 4.30. The predicted molar refractivity (Wildman–Crippen MR) is 78.1 cm³/mol. The van der Waals surface area contributed by atoms with Crippen LogP contribution in [0, 0.1) is 5.92 Å². The molecule has 0 radical (unpaired) electrons. The first-order valence-electron chi connectivity index (χ1n) is 6.90. The Morgan fingerprint density at radius 3 is 2.55 bits per heavy atom. The van der Waals surface area contributed by atoms with Gasteiger partial charge < -0.3 is 0 Å². The van der Waals surface area contributed by atoms with Crippen LogP contribution in [0.5, 0.6) is 0 Å². The molecule has 1 saturated carbocycles. The lowest BCUT2D eigenvalue weighted by Gasteiger charge is -2.05. The van der Waals surface area contributed by atoms with Crippen molar-refractivity contribution in [3.63, 3.8) is 0 Å². The van der Waals surface area contributed by atoms with E-state index in [1.807, 2.05) is 59.4 Å². The summed E-state index contributed by atoms with van der Waals surface area (Å²) in [7, 11) is 0. The summed E-state index contributed by atoms with van der Waals surface area (Å²) in [5, 5.41) is 0. The van der Waals surface area contributed by atoms with Gasteiger partial charge in [-0.1, -0.05) is 12.1 Å². The largest absolute Gasteiger partial charge is 0.299 e. The molecular formula is C17H14N2O. The Kier molecular flexibility index (Phi) is 2.46. The van der Waals surface area contributed by atoms with Gasteiger partial charge in [0.25, 0.3) is 0 Å². The first-order valence-corrected chi connectivity index (χ1v) is 6.90. The average molecular weight is 262 g/mol. The molecule has 0 atom stereocenters. The number of hydrogen-bond acceptors (Lipinski definition) is 2. The quantitative estimate of drug-likeness (QED) is 0.676. The molecule has 1 aromatic heterocycles. The fourth-order valence-electron chi connectivity index (χ4n) is 2.53. The van der Waals surface area contributed by atoms with Crippen molar-refractivity contribution in [2.45, 2.75) is 12.8 Å². The van der Waals surface area contributed by atoms with Crippen molar-refractivity contribution in [1.29, 1.82) is 0 Å². The van der Waals surface area contributed by atoms with E-state index < -0.39 is 0 Å². The van der Waals surface area contributed by atoms with E-state index in [1.165, 1.54) is 0 Å². The molecule has 0 amide bonds. The summed E-state index contributed by atoms with van der Waals surface area (Å²) in [5.41, 5.74) is 3.91. The molecule has 98 valence electrons. The highest BCUT2D eigenvalue weighted by molar-refractivity contribution is 5.99. The first kappa shape index (κ1) is 11.4. The van der Waals surface area contributed by atoms with Crippen LogP contribution in [0.2, 0.25) is 0 Å². The number of carbonyl (C=O) groups excluding carboxylic acids is 1. The Balaban J connectivity index is 1.73. The summed E-state index contributed by atoms with van der Waals surface area (Å²) in [6, 6.07) is 15.9. The van der Waals surface area contributed by atoms with Gasteiger partial charge in [0.05, 0.1) is 11.0 Å². The zero-order valence-electron chi connectivity index (χ0n) is 11.0. The highest BCUT2D eigenvalue weighted by Gasteiger charge is 2.30. The minimum atomic E-state index is 0.273. The van der Waals surface area contributed by atoms with Crippen LogP contribution in [0.1, 0.15) is 23.2 Å². The molecule has 0 saturated heterocycles. The van der Waals surface area contributed by atoms with Crippen LogP contribution in [0.25, 0.3) is 16.7 Å². The predicted octanol–water partition coefficient (Wildman–Crippen LogP) is 3.62. The fraction of sp³-hybridized carbons (Fsp3) is 0.176. The van der Waals surface area contributed by atoms with E-state index in [2.05, 4.69) is 4.98 Å². The molecule has 0 bridgehead atoms. The van der Waals surface area contributed by atoms with E-state index in [0.717, 1.165) is 35.1 Å². The maximum atomic E-state index is 12.0. The van der Waals surface area contributed by atoms with Crippen LogP contribution in [-0.4, -0.2) is 15.3 Å². The molecule has 0 unspecified atom stereocenters. The van der Waals surface area contributed by atoms with E-state index in [1.54, 1.807) is 0 Å². The van der Waals surface area contributed by atoms with Gasteiger partial charge in [-0.2, -0.15) is 0 Å². The summed E-state index contributed by atoms with van der Waals surface area (Å²) in [6.07, 6.45) is 3.92. The molecule has 1 aliphatic rings. The van der Waals surface area contributed by atoms with E-state index in [4.69, 9.17) is 0 Å². The molecule has 1 heterocycles. The minimum absolute atomic E-state index is 0.273. The van der Waals surface area contributed by atoms with Crippen molar-refractivity contribution >= 4 is 16.8 Å². The summed E-state index contributed by atoms with van der Waals surface area (Å²) >= 11 is 0. The van der Waals surface area contributed by atoms with Gasteiger partial charge in [-0.15, -0.1) is 0 Å². The van der Waals surface area contributed by atoms with Gasteiger partial charge in [-0.3, -0.25) is 9.36 Å². The molecule has 0 aliphatic heterocycles. The Morgan fingerprint density at radius 1 is 1.05 bits per heavy atom. The van der Waals surface area contributed by atoms with Crippen LogP contribution in [0.4, 0.5) is 0 Å². The lowest BCUT2D eigenvalue weighted by molar-refractivity contribution is 0.0967. The number of nitrogens with zero attached hydrogens (tertiary/aromatic N) is 2. The fourth-order valence-corrected chi connectivity index (χ4v) is 2.53. The van der Waals surface area contributed by atoms with Gasteiger partial charge in [-0.25, -0.2) is 4.98 Å². The van der Waals surface area contributed by atoms with Gasteiger partial charge >= 0.3 is 0 Å². The van der Waals surface area contributed by atoms with Crippen molar-refractivity contribution in [1.82, 2.24) is 9.55 Å². The third-order valence-corrected chi connectivity index (χ3v) is 3.83. The van der Waals surface area contributed by atoms with Crippen molar-refractivity contribution in [2.24, 2.45) is 5.92 Å². The number of Topliss-reactive ketones (excluding diaryl/α,β-unsaturated/α-hetero) is 1. The summed E-state index contributed by atoms with van der Waals surface area (Å²) in [5.74, 6) is 0.557. The maximum absolute atomic E-state index is 12.0. The van der Waals surface area contributed by atoms with Gasteiger partial charge in [0.2, 0.25) is 0 Å². The molecule has 0 N–H and O–H groups in total. The van der Waals surface area contributed by atoms with E-state index in [9.17, 15) is 4.79 Å². The Bertz CT molecular complexity index is 782. The number of fused-ring (bicyclic) bond motifs is 1. The average Bonchev–Trinajstić information content (AvgIpc) is 3.26. The highest BCUT2D eigenvalue weighted by atomic mass is 16.1. The molecule has 3 aromatic rings. The number of hydrogen-bond donors (Lipinski definition) is 0. The van der Waals surface area contributed by atoms with Crippen LogP contribution in [0.3, 0.4) is 0 Å². The van der Waals surface area contributed by atoms with Gasteiger partial charge in [0, 0.05) is 17.2 Å². The SMILES string of the molecule is O=C(c1ccc(-n2cnc3ccccc32)cc1)C1CC1. The van der Waals surface area contributed by atoms with Crippen LogP contribution in [-0.2, 0) is 0 Å². The number of aromatic nitrogens is 2.